The van der Waals surface area contributed by atoms with E-state index in [1.165, 1.54) is 0 Å². The largest absolute Gasteiger partial charge is 0.497 e. The average Bonchev–Trinajstić information content (AvgIpc) is 2.44. The first-order valence-corrected chi connectivity index (χ1v) is 7.14. The molecule has 1 saturated heterocycles. The minimum Gasteiger partial charge on any atom is -0.497 e. The summed E-state index contributed by atoms with van der Waals surface area (Å²) in [6.45, 7) is 5.43. The summed E-state index contributed by atoms with van der Waals surface area (Å²) in [7, 11) is 1.65. The number of methoxy groups -OCH3 is 1. The van der Waals surface area contributed by atoms with Gasteiger partial charge in [-0.15, -0.1) is 0 Å². The number of rotatable bonds is 4. The van der Waals surface area contributed by atoms with Crippen LogP contribution in [0.1, 0.15) is 25.8 Å². The third-order valence-electron chi connectivity index (χ3n) is 3.56. The highest BCUT2D eigenvalue weighted by Crippen LogP contribution is 2.15. The second-order valence-corrected chi connectivity index (χ2v) is 5.40. The molecule has 110 valence electrons. The van der Waals surface area contributed by atoms with Gasteiger partial charge in [0.05, 0.1) is 19.3 Å². The van der Waals surface area contributed by atoms with Crippen LogP contribution in [-0.2, 0) is 16.0 Å². The van der Waals surface area contributed by atoms with E-state index < -0.39 is 0 Å². The molecule has 0 unspecified atom stereocenters. The van der Waals surface area contributed by atoms with Crippen molar-refractivity contribution in [3.05, 3.63) is 29.8 Å². The van der Waals surface area contributed by atoms with Gasteiger partial charge in [0, 0.05) is 19.5 Å². The lowest BCUT2D eigenvalue weighted by Crippen LogP contribution is -2.48. The third-order valence-corrected chi connectivity index (χ3v) is 3.56. The molecule has 0 saturated carbocycles. The van der Waals surface area contributed by atoms with Crippen LogP contribution in [0.2, 0.25) is 0 Å². The average molecular weight is 277 g/mol. The standard InChI is InChI=1S/C16H23NO3/c1-12-10-17(11-13(2)20-12)16(18)9-6-14-4-7-15(19-3)8-5-14/h4-5,7-8,12-13H,6,9-11H2,1-3H3/t12-,13+. The molecule has 2 atom stereocenters. The minimum absolute atomic E-state index is 0.128. The summed E-state index contributed by atoms with van der Waals surface area (Å²) in [6, 6.07) is 7.88. The highest BCUT2D eigenvalue weighted by atomic mass is 16.5. The van der Waals surface area contributed by atoms with Gasteiger partial charge in [-0.25, -0.2) is 0 Å². The number of nitrogens with zero attached hydrogens (tertiary/aromatic N) is 1. The Balaban J connectivity index is 1.84. The molecular formula is C16H23NO3. The van der Waals surface area contributed by atoms with Crippen LogP contribution in [0.25, 0.3) is 0 Å². The molecule has 0 N–H and O–H groups in total. The monoisotopic (exact) mass is 277 g/mol. The normalized spacial score (nSPS) is 22.6. The molecule has 1 aromatic rings. The predicted octanol–water partition coefficient (Wildman–Crippen LogP) is 2.26. The van der Waals surface area contributed by atoms with Crippen molar-refractivity contribution in [3.63, 3.8) is 0 Å². The van der Waals surface area contributed by atoms with E-state index in [2.05, 4.69) is 0 Å². The van der Waals surface area contributed by atoms with Crippen LogP contribution < -0.4 is 4.74 Å². The summed E-state index contributed by atoms with van der Waals surface area (Å²) in [4.78, 5) is 14.2. The topological polar surface area (TPSA) is 38.8 Å². The Kier molecular flexibility index (Phi) is 5.01. The third kappa shape index (κ3) is 3.97. The molecule has 0 radical (unpaired) electrons. The maximum absolute atomic E-state index is 12.2. The number of aryl methyl sites for hydroxylation is 1. The second kappa shape index (κ2) is 6.75. The van der Waals surface area contributed by atoms with E-state index in [-0.39, 0.29) is 18.1 Å². The molecule has 1 aliphatic rings. The lowest BCUT2D eigenvalue weighted by molar-refractivity contribution is -0.143. The summed E-state index contributed by atoms with van der Waals surface area (Å²) in [5, 5.41) is 0. The van der Waals surface area contributed by atoms with Gasteiger partial charge in [0.25, 0.3) is 0 Å². The van der Waals surface area contributed by atoms with Crippen molar-refractivity contribution >= 4 is 5.91 Å². The van der Waals surface area contributed by atoms with Crippen LogP contribution >= 0.6 is 0 Å². The Bertz CT molecular complexity index is 434. The SMILES string of the molecule is COc1ccc(CCC(=O)N2C[C@@H](C)O[C@@H](C)C2)cc1. The van der Waals surface area contributed by atoms with Gasteiger partial charge < -0.3 is 14.4 Å². The molecule has 0 aromatic heterocycles. The molecule has 0 bridgehead atoms. The first kappa shape index (κ1) is 14.9. The molecular weight excluding hydrogens is 254 g/mol. The number of benzene rings is 1. The van der Waals surface area contributed by atoms with Gasteiger partial charge in [0.1, 0.15) is 5.75 Å². The molecule has 1 aromatic carbocycles. The molecule has 2 rings (SSSR count). The summed E-state index contributed by atoms with van der Waals surface area (Å²) in [5.74, 6) is 1.05. The molecule has 4 nitrogen and oxygen atoms in total. The predicted molar refractivity (Wildman–Crippen MR) is 77.9 cm³/mol. The van der Waals surface area contributed by atoms with E-state index in [0.29, 0.717) is 19.5 Å². The number of carbonyl (C=O) groups excluding carboxylic acids is 1. The highest BCUT2D eigenvalue weighted by Gasteiger charge is 2.25. The van der Waals surface area contributed by atoms with E-state index in [9.17, 15) is 4.79 Å². The van der Waals surface area contributed by atoms with Crippen molar-refractivity contribution in [1.29, 1.82) is 0 Å². The maximum atomic E-state index is 12.2. The lowest BCUT2D eigenvalue weighted by Gasteiger charge is -2.35. The molecule has 4 heteroatoms. The lowest BCUT2D eigenvalue weighted by atomic mass is 10.1. The van der Waals surface area contributed by atoms with Crippen molar-refractivity contribution in [2.45, 2.75) is 38.9 Å². The molecule has 1 fully saturated rings. The van der Waals surface area contributed by atoms with Crippen molar-refractivity contribution < 1.29 is 14.3 Å². The fourth-order valence-electron chi connectivity index (χ4n) is 2.58. The fourth-order valence-corrected chi connectivity index (χ4v) is 2.58. The molecule has 0 spiro atoms. The van der Waals surface area contributed by atoms with Gasteiger partial charge in [0.15, 0.2) is 0 Å². The first-order chi connectivity index (χ1) is 9.58. The van der Waals surface area contributed by atoms with Gasteiger partial charge in [0.2, 0.25) is 5.91 Å². The van der Waals surface area contributed by atoms with Crippen LogP contribution in [0.15, 0.2) is 24.3 Å². The Labute approximate surface area is 120 Å². The summed E-state index contributed by atoms with van der Waals surface area (Å²) < 4.78 is 10.8. The van der Waals surface area contributed by atoms with Gasteiger partial charge in [-0.2, -0.15) is 0 Å². The molecule has 0 aliphatic carbocycles. The van der Waals surface area contributed by atoms with Gasteiger partial charge in [-0.05, 0) is 38.0 Å². The Morgan fingerprint density at radius 2 is 1.85 bits per heavy atom. The summed E-state index contributed by atoms with van der Waals surface area (Å²) >= 11 is 0. The Morgan fingerprint density at radius 1 is 1.25 bits per heavy atom. The quantitative estimate of drug-likeness (QED) is 0.847. The number of hydrogen-bond acceptors (Lipinski definition) is 3. The highest BCUT2D eigenvalue weighted by molar-refractivity contribution is 5.76. The number of amides is 1. The zero-order valence-corrected chi connectivity index (χ0v) is 12.5. The van der Waals surface area contributed by atoms with Crippen LogP contribution in [0.5, 0.6) is 5.75 Å². The van der Waals surface area contributed by atoms with Gasteiger partial charge in [-0.3, -0.25) is 4.79 Å². The molecule has 1 amide bonds. The van der Waals surface area contributed by atoms with E-state index in [1.807, 2.05) is 43.0 Å². The van der Waals surface area contributed by atoms with E-state index in [1.54, 1.807) is 7.11 Å². The van der Waals surface area contributed by atoms with Crippen molar-refractivity contribution in [2.24, 2.45) is 0 Å². The van der Waals surface area contributed by atoms with E-state index in [0.717, 1.165) is 17.7 Å². The van der Waals surface area contributed by atoms with Gasteiger partial charge in [-0.1, -0.05) is 12.1 Å². The van der Waals surface area contributed by atoms with Crippen LogP contribution in [0.3, 0.4) is 0 Å². The summed E-state index contributed by atoms with van der Waals surface area (Å²) in [6.07, 6.45) is 1.57. The smallest absolute Gasteiger partial charge is 0.223 e. The second-order valence-electron chi connectivity index (χ2n) is 5.40. The van der Waals surface area contributed by atoms with Crippen molar-refractivity contribution in [3.8, 4) is 5.75 Å². The molecule has 1 aliphatic heterocycles. The van der Waals surface area contributed by atoms with Crippen LogP contribution in [0, 0.1) is 0 Å². The molecule has 20 heavy (non-hydrogen) atoms. The Hall–Kier alpha value is -1.55. The first-order valence-electron chi connectivity index (χ1n) is 7.14. The van der Waals surface area contributed by atoms with Crippen molar-refractivity contribution in [2.75, 3.05) is 20.2 Å². The number of ether oxygens (including phenoxy) is 2. The number of morpholine rings is 1. The zero-order chi connectivity index (χ0) is 14.5. The summed E-state index contributed by atoms with van der Waals surface area (Å²) in [5.41, 5.74) is 1.16. The van der Waals surface area contributed by atoms with E-state index in [4.69, 9.17) is 9.47 Å². The van der Waals surface area contributed by atoms with Crippen LogP contribution in [-0.4, -0.2) is 43.2 Å². The van der Waals surface area contributed by atoms with Crippen molar-refractivity contribution in [1.82, 2.24) is 4.90 Å². The number of carbonyl (C=O) groups is 1. The van der Waals surface area contributed by atoms with Gasteiger partial charge >= 0.3 is 0 Å². The minimum atomic E-state index is 0.128. The maximum Gasteiger partial charge on any atom is 0.223 e. The molecule has 1 heterocycles. The fraction of sp³-hybridized carbons (Fsp3) is 0.562. The zero-order valence-electron chi connectivity index (χ0n) is 12.5. The van der Waals surface area contributed by atoms with E-state index >= 15 is 0 Å². The Morgan fingerprint density at radius 3 is 2.40 bits per heavy atom. The number of hydrogen-bond donors (Lipinski definition) is 0. The van der Waals surface area contributed by atoms with Crippen LogP contribution in [0.4, 0.5) is 0 Å².